The van der Waals surface area contributed by atoms with Crippen LogP contribution in [0, 0.1) is 6.92 Å². The van der Waals surface area contributed by atoms with Gasteiger partial charge in [0.2, 0.25) is 5.91 Å². The van der Waals surface area contributed by atoms with Crippen molar-refractivity contribution in [2.24, 2.45) is 0 Å². The molecule has 1 aromatic heterocycles. The van der Waals surface area contributed by atoms with E-state index in [9.17, 15) is 4.79 Å². The molecule has 0 aliphatic carbocycles. The fourth-order valence-electron chi connectivity index (χ4n) is 2.80. The Kier molecular flexibility index (Phi) is 7.73. The van der Waals surface area contributed by atoms with E-state index in [1.165, 1.54) is 17.3 Å². The van der Waals surface area contributed by atoms with Gasteiger partial charge in [-0.05, 0) is 45.0 Å². The molecule has 0 saturated heterocycles. The molecule has 0 fully saturated rings. The van der Waals surface area contributed by atoms with Gasteiger partial charge in [-0.1, -0.05) is 41.6 Å². The lowest BCUT2D eigenvalue weighted by Crippen LogP contribution is -2.15. The van der Waals surface area contributed by atoms with Gasteiger partial charge in [-0.2, -0.15) is 0 Å². The van der Waals surface area contributed by atoms with Crippen molar-refractivity contribution >= 4 is 23.4 Å². The number of hydrogen-bond donors (Lipinski definition) is 1. The number of rotatable bonds is 10. The van der Waals surface area contributed by atoms with Gasteiger partial charge >= 0.3 is 0 Å². The SMILES string of the molecule is CCOc1ccccc1NC(=O)CSc1nnc(COc2ccc(C)cc2)n1CC. The third-order valence-corrected chi connectivity index (χ3v) is 5.26. The van der Waals surface area contributed by atoms with Crippen molar-refractivity contribution in [3.05, 3.63) is 59.9 Å². The Morgan fingerprint density at radius 1 is 1.07 bits per heavy atom. The zero-order chi connectivity index (χ0) is 21.3. The molecule has 3 rings (SSSR count). The van der Waals surface area contributed by atoms with Gasteiger partial charge in [0.25, 0.3) is 0 Å². The monoisotopic (exact) mass is 426 g/mol. The van der Waals surface area contributed by atoms with Gasteiger partial charge < -0.3 is 19.4 Å². The molecule has 0 saturated carbocycles. The summed E-state index contributed by atoms with van der Waals surface area (Å²) in [5.41, 5.74) is 1.84. The maximum absolute atomic E-state index is 12.4. The number of anilines is 1. The van der Waals surface area contributed by atoms with Crippen LogP contribution in [0.25, 0.3) is 0 Å². The van der Waals surface area contributed by atoms with Crippen molar-refractivity contribution in [3.8, 4) is 11.5 Å². The molecule has 0 aliphatic heterocycles. The maximum atomic E-state index is 12.4. The smallest absolute Gasteiger partial charge is 0.234 e. The summed E-state index contributed by atoms with van der Waals surface area (Å²) in [6.45, 7) is 7.50. The Bertz CT molecular complexity index is 973. The quantitative estimate of drug-likeness (QED) is 0.487. The minimum absolute atomic E-state index is 0.129. The number of aryl methyl sites for hydroxylation is 1. The van der Waals surface area contributed by atoms with Crippen molar-refractivity contribution in [1.29, 1.82) is 0 Å². The molecule has 0 bridgehead atoms. The standard InChI is InChI=1S/C22H26N4O3S/c1-4-26-20(14-29-17-12-10-16(3)11-13-17)24-25-22(26)30-15-21(27)23-18-8-6-7-9-19(18)28-5-2/h6-13H,4-5,14-15H2,1-3H3,(H,23,27). The van der Waals surface area contributed by atoms with Crippen LogP contribution in [0.4, 0.5) is 5.69 Å². The molecule has 158 valence electrons. The number of nitrogens with one attached hydrogen (secondary N) is 1. The summed E-state index contributed by atoms with van der Waals surface area (Å²) in [6.07, 6.45) is 0. The van der Waals surface area contributed by atoms with Gasteiger partial charge in [0, 0.05) is 6.54 Å². The van der Waals surface area contributed by atoms with E-state index in [4.69, 9.17) is 9.47 Å². The molecule has 0 spiro atoms. The Balaban J connectivity index is 1.57. The highest BCUT2D eigenvalue weighted by Crippen LogP contribution is 2.25. The normalized spacial score (nSPS) is 10.6. The highest BCUT2D eigenvalue weighted by atomic mass is 32.2. The second-order valence-electron chi connectivity index (χ2n) is 6.51. The summed E-state index contributed by atoms with van der Waals surface area (Å²) in [6, 6.07) is 15.3. The van der Waals surface area contributed by atoms with E-state index in [0.717, 1.165) is 11.6 Å². The van der Waals surface area contributed by atoms with E-state index in [-0.39, 0.29) is 11.7 Å². The van der Waals surface area contributed by atoms with E-state index in [1.54, 1.807) is 0 Å². The van der Waals surface area contributed by atoms with Crippen LogP contribution < -0.4 is 14.8 Å². The molecule has 2 aromatic carbocycles. The minimum Gasteiger partial charge on any atom is -0.492 e. The number of benzene rings is 2. The number of hydrogen-bond acceptors (Lipinski definition) is 6. The molecule has 0 aliphatic rings. The van der Waals surface area contributed by atoms with Crippen LogP contribution in [0.1, 0.15) is 25.2 Å². The van der Waals surface area contributed by atoms with Gasteiger partial charge in [-0.25, -0.2) is 0 Å². The van der Waals surface area contributed by atoms with Crippen molar-refractivity contribution in [3.63, 3.8) is 0 Å². The predicted molar refractivity (Wildman–Crippen MR) is 118 cm³/mol. The van der Waals surface area contributed by atoms with Crippen LogP contribution in [0.5, 0.6) is 11.5 Å². The highest BCUT2D eigenvalue weighted by Gasteiger charge is 2.14. The second kappa shape index (κ2) is 10.7. The molecule has 0 unspecified atom stereocenters. The van der Waals surface area contributed by atoms with Crippen molar-refractivity contribution in [2.75, 3.05) is 17.7 Å². The van der Waals surface area contributed by atoms with Gasteiger partial charge in [-0.15, -0.1) is 10.2 Å². The Morgan fingerprint density at radius 3 is 2.57 bits per heavy atom. The lowest BCUT2D eigenvalue weighted by molar-refractivity contribution is -0.113. The van der Waals surface area contributed by atoms with Crippen LogP contribution in [0.15, 0.2) is 53.7 Å². The molecule has 8 heteroatoms. The third-order valence-electron chi connectivity index (χ3n) is 4.29. The van der Waals surface area contributed by atoms with Crippen LogP contribution in [0.2, 0.25) is 0 Å². The molecule has 30 heavy (non-hydrogen) atoms. The Morgan fingerprint density at radius 2 is 1.83 bits per heavy atom. The molecule has 1 N–H and O–H groups in total. The summed E-state index contributed by atoms with van der Waals surface area (Å²) < 4.78 is 13.3. The second-order valence-corrected chi connectivity index (χ2v) is 7.45. The van der Waals surface area contributed by atoms with E-state index in [1.807, 2.05) is 73.9 Å². The zero-order valence-electron chi connectivity index (χ0n) is 17.4. The molecular weight excluding hydrogens is 400 g/mol. The molecule has 7 nitrogen and oxygen atoms in total. The first-order valence-electron chi connectivity index (χ1n) is 9.86. The number of para-hydroxylation sites is 2. The molecule has 1 amide bonds. The number of amides is 1. The zero-order valence-corrected chi connectivity index (χ0v) is 18.2. The summed E-state index contributed by atoms with van der Waals surface area (Å²) in [4.78, 5) is 12.4. The first kappa shape index (κ1) is 21.7. The summed E-state index contributed by atoms with van der Waals surface area (Å²) in [5.74, 6) is 2.26. The molecule has 1 heterocycles. The number of aromatic nitrogens is 3. The molecule has 0 atom stereocenters. The number of thioether (sulfide) groups is 1. The largest absolute Gasteiger partial charge is 0.492 e. The fourth-order valence-corrected chi connectivity index (χ4v) is 3.62. The van der Waals surface area contributed by atoms with Crippen LogP contribution in [-0.2, 0) is 17.9 Å². The Labute approximate surface area is 180 Å². The van der Waals surface area contributed by atoms with Crippen LogP contribution in [0.3, 0.4) is 0 Å². The van der Waals surface area contributed by atoms with Gasteiger partial charge in [0.1, 0.15) is 18.1 Å². The maximum Gasteiger partial charge on any atom is 0.234 e. The van der Waals surface area contributed by atoms with Gasteiger partial charge in [-0.3, -0.25) is 4.79 Å². The van der Waals surface area contributed by atoms with E-state index >= 15 is 0 Å². The van der Waals surface area contributed by atoms with E-state index in [0.29, 0.717) is 36.4 Å². The highest BCUT2D eigenvalue weighted by molar-refractivity contribution is 7.99. The fraction of sp³-hybridized carbons (Fsp3) is 0.318. The molecule has 3 aromatic rings. The number of carbonyl (C=O) groups excluding carboxylic acids is 1. The lowest BCUT2D eigenvalue weighted by atomic mass is 10.2. The van der Waals surface area contributed by atoms with Crippen molar-refractivity contribution in [2.45, 2.75) is 39.1 Å². The van der Waals surface area contributed by atoms with E-state index < -0.39 is 0 Å². The third kappa shape index (κ3) is 5.76. The minimum atomic E-state index is -0.129. The molecule has 0 radical (unpaired) electrons. The first-order chi connectivity index (χ1) is 14.6. The Hall–Kier alpha value is -3.00. The van der Waals surface area contributed by atoms with Gasteiger partial charge in [0.15, 0.2) is 11.0 Å². The number of nitrogens with zero attached hydrogens (tertiary/aromatic N) is 3. The molecular formula is C22H26N4O3S. The topological polar surface area (TPSA) is 78.3 Å². The average Bonchev–Trinajstić information content (AvgIpc) is 3.15. The predicted octanol–water partition coefficient (Wildman–Crippen LogP) is 4.31. The number of ether oxygens (including phenoxy) is 2. The summed E-state index contributed by atoms with van der Waals surface area (Å²) in [7, 11) is 0. The van der Waals surface area contributed by atoms with Crippen LogP contribution in [-0.4, -0.2) is 33.0 Å². The first-order valence-corrected chi connectivity index (χ1v) is 10.8. The number of carbonyl (C=O) groups is 1. The van der Waals surface area contributed by atoms with Crippen LogP contribution >= 0.6 is 11.8 Å². The average molecular weight is 427 g/mol. The van der Waals surface area contributed by atoms with Crippen molar-refractivity contribution < 1.29 is 14.3 Å². The summed E-state index contributed by atoms with van der Waals surface area (Å²) in [5, 5.41) is 12.0. The van der Waals surface area contributed by atoms with Gasteiger partial charge in [0.05, 0.1) is 18.0 Å². The summed E-state index contributed by atoms with van der Waals surface area (Å²) >= 11 is 1.34. The van der Waals surface area contributed by atoms with Crippen molar-refractivity contribution in [1.82, 2.24) is 14.8 Å². The lowest BCUT2D eigenvalue weighted by Gasteiger charge is -2.11. The van der Waals surface area contributed by atoms with E-state index in [2.05, 4.69) is 15.5 Å².